The van der Waals surface area contributed by atoms with Gasteiger partial charge < -0.3 is 30.0 Å². The number of esters is 1. The molecule has 0 saturated carbocycles. The van der Waals surface area contributed by atoms with Gasteiger partial charge in [0.1, 0.15) is 6.54 Å². The number of hydrogen-bond donors (Lipinski definition) is 3. The van der Waals surface area contributed by atoms with E-state index in [4.69, 9.17) is 14.2 Å². The Balaban J connectivity index is 1.39. The molecule has 0 spiro atoms. The number of hydrogen-bond acceptors (Lipinski definition) is 7. The molecule has 1 saturated heterocycles. The summed E-state index contributed by atoms with van der Waals surface area (Å²) in [6.45, 7) is 2.11. The molecule has 0 aromatic heterocycles. The Hall–Kier alpha value is -3.37. The van der Waals surface area contributed by atoms with Gasteiger partial charge in [-0.1, -0.05) is 66.7 Å². The molecule has 3 aromatic carbocycles. The summed E-state index contributed by atoms with van der Waals surface area (Å²) >= 11 is 1.76. The van der Waals surface area contributed by atoms with Crippen molar-refractivity contribution < 1.29 is 28.9 Å². The lowest BCUT2D eigenvalue weighted by Crippen LogP contribution is -2.38. The second kappa shape index (κ2) is 14.7. The molecule has 0 radical (unpaired) electrons. The highest BCUT2D eigenvalue weighted by molar-refractivity contribution is 7.99. The van der Waals surface area contributed by atoms with E-state index in [1.807, 2.05) is 66.7 Å². The summed E-state index contributed by atoms with van der Waals surface area (Å²) < 4.78 is 17.6. The number of carbonyl (C=O) groups is 2. The van der Waals surface area contributed by atoms with Crippen molar-refractivity contribution in [2.24, 2.45) is 0 Å². The molecule has 1 fully saturated rings. The van der Waals surface area contributed by atoms with Crippen LogP contribution >= 0.6 is 11.8 Å². The molecular weight excluding hydrogens is 516 g/mol. The van der Waals surface area contributed by atoms with Gasteiger partial charge in [0, 0.05) is 29.2 Å². The average Bonchev–Trinajstić information content (AvgIpc) is 2.99. The van der Waals surface area contributed by atoms with E-state index in [0.717, 1.165) is 34.4 Å². The summed E-state index contributed by atoms with van der Waals surface area (Å²) in [6, 6.07) is 25.4. The quantitative estimate of drug-likeness (QED) is 0.231. The molecule has 0 aliphatic carbocycles. The number of ether oxygens (including phenoxy) is 3. The number of nitrogens with one attached hydrogen (secondary N) is 2. The number of aliphatic hydroxyl groups is 1. The van der Waals surface area contributed by atoms with Crippen LogP contribution in [-0.2, 0) is 32.2 Å². The van der Waals surface area contributed by atoms with E-state index in [2.05, 4.69) is 22.8 Å². The van der Waals surface area contributed by atoms with Crippen LogP contribution in [0.4, 0.5) is 4.79 Å². The minimum atomic E-state index is -0.544. The Bertz CT molecular complexity index is 1190. The Morgan fingerprint density at radius 1 is 0.923 bits per heavy atom. The Morgan fingerprint density at radius 3 is 2.31 bits per heavy atom. The van der Waals surface area contributed by atoms with Gasteiger partial charge in [-0.15, -0.1) is 11.8 Å². The van der Waals surface area contributed by atoms with Gasteiger partial charge in [-0.2, -0.15) is 0 Å². The van der Waals surface area contributed by atoms with Crippen LogP contribution in [0.15, 0.2) is 83.8 Å². The van der Waals surface area contributed by atoms with Crippen molar-refractivity contribution in [2.45, 2.75) is 49.9 Å². The SMILES string of the molecule is CCOC(=O)CNC(=O)NCc1ccc(C2OC(CSc3ccccc3)CC(c3ccc(CO)cc3)O2)cc1. The van der Waals surface area contributed by atoms with Gasteiger partial charge in [-0.25, -0.2) is 4.79 Å². The van der Waals surface area contributed by atoms with Gasteiger partial charge >= 0.3 is 12.0 Å². The Kier molecular flexibility index (Phi) is 10.8. The summed E-state index contributed by atoms with van der Waals surface area (Å²) in [5.41, 5.74) is 3.69. The molecule has 1 heterocycles. The smallest absolute Gasteiger partial charge is 0.325 e. The summed E-state index contributed by atoms with van der Waals surface area (Å²) in [4.78, 5) is 24.5. The molecule has 2 amide bonds. The van der Waals surface area contributed by atoms with Gasteiger partial charge in [0.05, 0.1) is 25.4 Å². The molecule has 1 aliphatic heterocycles. The van der Waals surface area contributed by atoms with Crippen molar-refractivity contribution in [3.63, 3.8) is 0 Å². The predicted molar refractivity (Wildman–Crippen MR) is 149 cm³/mol. The van der Waals surface area contributed by atoms with Gasteiger partial charge in [0.25, 0.3) is 0 Å². The van der Waals surface area contributed by atoms with Gasteiger partial charge in [-0.05, 0) is 35.7 Å². The normalized spacial score (nSPS) is 18.8. The number of aliphatic hydroxyl groups excluding tert-OH is 1. The standard InChI is InChI=1S/C30H34N2O6S/c1-2-36-28(34)18-32-30(35)31-17-21-8-14-24(15-9-21)29-37-25(20-39-26-6-4-3-5-7-26)16-27(38-29)23-12-10-22(19-33)11-13-23/h3-15,25,27,29,33H,2,16-20H2,1H3,(H2,31,32,35). The van der Waals surface area contributed by atoms with Crippen molar-refractivity contribution in [1.29, 1.82) is 0 Å². The second-order valence-corrected chi connectivity index (χ2v) is 10.2. The fourth-order valence-corrected chi connectivity index (χ4v) is 5.07. The van der Waals surface area contributed by atoms with Crippen LogP contribution < -0.4 is 10.6 Å². The van der Waals surface area contributed by atoms with E-state index in [1.54, 1.807) is 18.7 Å². The Labute approximate surface area is 233 Å². The monoisotopic (exact) mass is 550 g/mol. The topological polar surface area (TPSA) is 106 Å². The summed E-state index contributed by atoms with van der Waals surface area (Å²) in [5.74, 6) is 0.311. The van der Waals surface area contributed by atoms with Crippen LogP contribution in [0.3, 0.4) is 0 Å². The van der Waals surface area contributed by atoms with Crippen molar-refractivity contribution in [2.75, 3.05) is 18.9 Å². The van der Waals surface area contributed by atoms with E-state index in [9.17, 15) is 14.7 Å². The first-order valence-electron chi connectivity index (χ1n) is 13.0. The maximum absolute atomic E-state index is 12.0. The molecule has 1 aliphatic rings. The van der Waals surface area contributed by atoms with Gasteiger partial charge in [-0.3, -0.25) is 4.79 Å². The molecule has 3 N–H and O–H groups in total. The first-order chi connectivity index (χ1) is 19.0. The molecule has 9 heteroatoms. The van der Waals surface area contributed by atoms with Crippen LogP contribution in [0.25, 0.3) is 0 Å². The van der Waals surface area contributed by atoms with Crippen molar-refractivity contribution in [3.05, 3.63) is 101 Å². The van der Waals surface area contributed by atoms with Crippen molar-refractivity contribution >= 4 is 23.8 Å². The minimum Gasteiger partial charge on any atom is -0.465 e. The average molecular weight is 551 g/mol. The van der Waals surface area contributed by atoms with Crippen LogP contribution in [-0.4, -0.2) is 42.1 Å². The summed E-state index contributed by atoms with van der Waals surface area (Å²) in [7, 11) is 0. The van der Waals surface area contributed by atoms with Gasteiger partial charge in [0.2, 0.25) is 0 Å². The molecule has 3 unspecified atom stereocenters. The molecule has 3 atom stereocenters. The van der Waals surface area contributed by atoms with Crippen LogP contribution in [0.5, 0.6) is 0 Å². The number of rotatable bonds is 11. The molecule has 39 heavy (non-hydrogen) atoms. The van der Waals surface area contributed by atoms with Crippen molar-refractivity contribution in [1.82, 2.24) is 10.6 Å². The lowest BCUT2D eigenvalue weighted by molar-refractivity contribution is -0.245. The molecule has 8 nitrogen and oxygen atoms in total. The highest BCUT2D eigenvalue weighted by Gasteiger charge is 2.32. The maximum atomic E-state index is 12.0. The molecule has 0 bridgehead atoms. The van der Waals surface area contributed by atoms with Gasteiger partial charge in [0.15, 0.2) is 6.29 Å². The Morgan fingerprint density at radius 2 is 1.62 bits per heavy atom. The third kappa shape index (κ3) is 8.83. The molecular formula is C30H34N2O6S. The molecule has 4 rings (SSSR count). The van der Waals surface area contributed by atoms with Crippen molar-refractivity contribution in [3.8, 4) is 0 Å². The number of amides is 2. The van der Waals surface area contributed by atoms with Crippen LogP contribution in [0, 0.1) is 0 Å². The fraction of sp³-hybridized carbons (Fsp3) is 0.333. The second-order valence-electron chi connectivity index (χ2n) is 9.06. The largest absolute Gasteiger partial charge is 0.465 e. The van der Waals surface area contributed by atoms with E-state index in [1.165, 1.54) is 4.90 Å². The number of carbonyl (C=O) groups excluding carboxylic acids is 2. The highest BCUT2D eigenvalue weighted by atomic mass is 32.2. The zero-order valence-corrected chi connectivity index (χ0v) is 22.7. The lowest BCUT2D eigenvalue weighted by Gasteiger charge is -2.36. The number of benzene rings is 3. The first-order valence-corrected chi connectivity index (χ1v) is 14.0. The number of thioether (sulfide) groups is 1. The van der Waals surface area contributed by atoms with E-state index in [0.29, 0.717) is 6.54 Å². The zero-order chi connectivity index (χ0) is 27.5. The van der Waals surface area contributed by atoms with E-state index >= 15 is 0 Å². The first kappa shape index (κ1) is 28.6. The van der Waals surface area contributed by atoms with Crippen LogP contribution in [0.1, 0.15) is 48.0 Å². The molecule has 3 aromatic rings. The van der Waals surface area contributed by atoms with E-state index in [-0.39, 0.29) is 32.0 Å². The third-order valence-electron chi connectivity index (χ3n) is 6.20. The lowest BCUT2D eigenvalue weighted by atomic mass is 10.0. The zero-order valence-electron chi connectivity index (χ0n) is 21.9. The maximum Gasteiger partial charge on any atom is 0.325 e. The summed E-state index contributed by atoms with van der Waals surface area (Å²) in [5, 5.41) is 14.6. The molecule has 206 valence electrons. The van der Waals surface area contributed by atoms with Crippen LogP contribution in [0.2, 0.25) is 0 Å². The highest BCUT2D eigenvalue weighted by Crippen LogP contribution is 2.39. The number of urea groups is 1. The minimum absolute atomic E-state index is 0.00213. The summed E-state index contributed by atoms with van der Waals surface area (Å²) in [6.07, 6.45) is -0.00157. The predicted octanol–water partition coefficient (Wildman–Crippen LogP) is 4.88. The third-order valence-corrected chi connectivity index (χ3v) is 7.34. The van der Waals surface area contributed by atoms with E-state index < -0.39 is 18.3 Å². The fourth-order valence-electron chi connectivity index (χ4n) is 4.13.